The first-order valence-electron chi connectivity index (χ1n) is 3.72. The standard InChI is InChI=1S/C9H11N2O/c1-3-9(12)11(2)8-5-4-6-10-7-8/h3-7H,1-2H3. The van der Waals surface area contributed by atoms with Gasteiger partial charge in [0, 0.05) is 19.7 Å². The highest BCUT2D eigenvalue weighted by atomic mass is 16.2. The smallest absolute Gasteiger partial charge is 0.230 e. The number of amides is 1. The molecule has 0 fully saturated rings. The molecule has 0 bridgehead atoms. The SMILES string of the molecule is C[CH]C(=O)N(C)c1cccnc1. The molecule has 3 nitrogen and oxygen atoms in total. The lowest BCUT2D eigenvalue weighted by Gasteiger charge is -2.14. The lowest BCUT2D eigenvalue weighted by atomic mass is 10.3. The van der Waals surface area contributed by atoms with Gasteiger partial charge in [-0.2, -0.15) is 0 Å². The zero-order valence-corrected chi connectivity index (χ0v) is 7.19. The van der Waals surface area contributed by atoms with E-state index in [1.54, 1.807) is 37.3 Å². The van der Waals surface area contributed by atoms with Crippen molar-refractivity contribution < 1.29 is 4.79 Å². The minimum Gasteiger partial charge on any atom is -0.314 e. The maximum atomic E-state index is 11.2. The van der Waals surface area contributed by atoms with Crippen LogP contribution in [0.1, 0.15) is 6.92 Å². The van der Waals surface area contributed by atoms with Crippen molar-refractivity contribution in [1.82, 2.24) is 4.98 Å². The molecule has 0 aliphatic heterocycles. The molecule has 0 aliphatic carbocycles. The summed E-state index contributed by atoms with van der Waals surface area (Å²) in [6.07, 6.45) is 4.85. The predicted molar refractivity (Wildman–Crippen MR) is 47.6 cm³/mol. The van der Waals surface area contributed by atoms with E-state index in [-0.39, 0.29) is 5.91 Å². The minimum atomic E-state index is -0.0250. The van der Waals surface area contributed by atoms with Crippen molar-refractivity contribution in [3.05, 3.63) is 30.9 Å². The van der Waals surface area contributed by atoms with E-state index in [9.17, 15) is 4.79 Å². The highest BCUT2D eigenvalue weighted by molar-refractivity contribution is 5.98. The van der Waals surface area contributed by atoms with Gasteiger partial charge in [0.25, 0.3) is 0 Å². The highest BCUT2D eigenvalue weighted by Gasteiger charge is 2.07. The Bertz CT molecular complexity index is 258. The third-order valence-corrected chi connectivity index (χ3v) is 1.61. The second-order valence-corrected chi connectivity index (χ2v) is 2.40. The van der Waals surface area contributed by atoms with Gasteiger partial charge in [-0.15, -0.1) is 0 Å². The quantitative estimate of drug-likeness (QED) is 0.657. The Hall–Kier alpha value is -1.38. The summed E-state index contributed by atoms with van der Waals surface area (Å²) in [7, 11) is 1.72. The Morgan fingerprint density at radius 3 is 2.92 bits per heavy atom. The first kappa shape index (κ1) is 8.71. The number of hydrogen-bond donors (Lipinski definition) is 0. The van der Waals surface area contributed by atoms with Gasteiger partial charge < -0.3 is 4.90 Å². The second-order valence-electron chi connectivity index (χ2n) is 2.40. The molecule has 12 heavy (non-hydrogen) atoms. The van der Waals surface area contributed by atoms with Crippen LogP contribution in [0.15, 0.2) is 24.5 Å². The summed E-state index contributed by atoms with van der Waals surface area (Å²) < 4.78 is 0. The molecule has 1 heterocycles. The van der Waals surface area contributed by atoms with E-state index in [0.717, 1.165) is 5.69 Å². The number of anilines is 1. The Morgan fingerprint density at radius 1 is 1.67 bits per heavy atom. The molecule has 1 rings (SSSR count). The van der Waals surface area contributed by atoms with Crippen LogP contribution in [0.25, 0.3) is 0 Å². The van der Waals surface area contributed by atoms with Crippen molar-refractivity contribution >= 4 is 11.6 Å². The minimum absolute atomic E-state index is 0.0250. The molecule has 0 aliphatic rings. The molecule has 0 spiro atoms. The van der Waals surface area contributed by atoms with Crippen LogP contribution in [-0.4, -0.2) is 17.9 Å². The number of nitrogens with zero attached hydrogens (tertiary/aromatic N) is 2. The van der Waals surface area contributed by atoms with Crippen LogP contribution in [0.5, 0.6) is 0 Å². The van der Waals surface area contributed by atoms with Crippen LogP contribution in [0.2, 0.25) is 0 Å². The van der Waals surface area contributed by atoms with Crippen LogP contribution in [0.3, 0.4) is 0 Å². The first-order valence-corrected chi connectivity index (χ1v) is 3.72. The number of rotatable bonds is 2. The highest BCUT2D eigenvalue weighted by Crippen LogP contribution is 2.09. The Labute approximate surface area is 72.0 Å². The monoisotopic (exact) mass is 163 g/mol. The lowest BCUT2D eigenvalue weighted by Crippen LogP contribution is -2.25. The molecular weight excluding hydrogens is 152 g/mol. The molecule has 1 aromatic rings. The van der Waals surface area contributed by atoms with Gasteiger partial charge in [0.2, 0.25) is 5.91 Å². The van der Waals surface area contributed by atoms with E-state index < -0.39 is 0 Å². The molecule has 1 radical (unpaired) electrons. The van der Waals surface area contributed by atoms with Gasteiger partial charge >= 0.3 is 0 Å². The first-order chi connectivity index (χ1) is 5.75. The van der Waals surface area contributed by atoms with Crippen LogP contribution in [0.4, 0.5) is 5.69 Å². The zero-order chi connectivity index (χ0) is 8.97. The van der Waals surface area contributed by atoms with Gasteiger partial charge in [0.05, 0.1) is 11.9 Å². The summed E-state index contributed by atoms with van der Waals surface area (Å²) in [6, 6.07) is 3.64. The number of carbonyl (C=O) groups excluding carboxylic acids is 1. The molecule has 0 N–H and O–H groups in total. The van der Waals surface area contributed by atoms with E-state index >= 15 is 0 Å². The van der Waals surface area contributed by atoms with Crippen molar-refractivity contribution in [2.75, 3.05) is 11.9 Å². The number of pyridine rings is 1. The molecule has 63 valence electrons. The van der Waals surface area contributed by atoms with Gasteiger partial charge in [0.1, 0.15) is 0 Å². The van der Waals surface area contributed by atoms with Crippen LogP contribution >= 0.6 is 0 Å². The number of hydrogen-bond acceptors (Lipinski definition) is 2. The third-order valence-electron chi connectivity index (χ3n) is 1.61. The maximum absolute atomic E-state index is 11.2. The predicted octanol–water partition coefficient (Wildman–Crippen LogP) is 1.27. The maximum Gasteiger partial charge on any atom is 0.230 e. The van der Waals surface area contributed by atoms with Gasteiger partial charge in [-0.25, -0.2) is 0 Å². The zero-order valence-electron chi connectivity index (χ0n) is 7.19. The fourth-order valence-corrected chi connectivity index (χ4v) is 0.873. The van der Waals surface area contributed by atoms with Crippen LogP contribution in [-0.2, 0) is 4.79 Å². The summed E-state index contributed by atoms with van der Waals surface area (Å²) in [5, 5.41) is 0. The summed E-state index contributed by atoms with van der Waals surface area (Å²) in [4.78, 5) is 16.6. The molecule has 1 amide bonds. The van der Waals surface area contributed by atoms with E-state index in [4.69, 9.17) is 0 Å². The van der Waals surface area contributed by atoms with E-state index in [0.29, 0.717) is 0 Å². The summed E-state index contributed by atoms with van der Waals surface area (Å²) >= 11 is 0. The fraction of sp³-hybridized carbons (Fsp3) is 0.222. The average molecular weight is 163 g/mol. The average Bonchev–Trinajstić information content (AvgIpc) is 2.17. The van der Waals surface area contributed by atoms with Crippen LogP contribution < -0.4 is 4.90 Å². The van der Waals surface area contributed by atoms with Gasteiger partial charge in [-0.3, -0.25) is 9.78 Å². The van der Waals surface area contributed by atoms with Crippen molar-refractivity contribution in [3.8, 4) is 0 Å². The normalized spacial score (nSPS) is 9.50. The lowest BCUT2D eigenvalue weighted by molar-refractivity contribution is -0.115. The summed E-state index contributed by atoms with van der Waals surface area (Å²) in [6.45, 7) is 1.72. The van der Waals surface area contributed by atoms with Crippen molar-refractivity contribution in [3.63, 3.8) is 0 Å². The third kappa shape index (κ3) is 1.81. The molecule has 0 atom stereocenters. The van der Waals surface area contributed by atoms with E-state index in [2.05, 4.69) is 4.98 Å². The van der Waals surface area contributed by atoms with Gasteiger partial charge in [-0.1, -0.05) is 6.92 Å². The van der Waals surface area contributed by atoms with Crippen molar-refractivity contribution in [2.24, 2.45) is 0 Å². The van der Waals surface area contributed by atoms with Crippen molar-refractivity contribution in [2.45, 2.75) is 6.92 Å². The Morgan fingerprint density at radius 2 is 2.42 bits per heavy atom. The van der Waals surface area contributed by atoms with E-state index in [1.807, 2.05) is 6.07 Å². The molecular formula is C9H11N2O. The number of carbonyl (C=O) groups is 1. The largest absolute Gasteiger partial charge is 0.314 e. The van der Waals surface area contributed by atoms with Gasteiger partial charge in [-0.05, 0) is 12.1 Å². The van der Waals surface area contributed by atoms with Gasteiger partial charge in [0.15, 0.2) is 0 Å². The van der Waals surface area contributed by atoms with E-state index in [1.165, 1.54) is 6.42 Å². The summed E-state index contributed by atoms with van der Waals surface area (Å²) in [5.41, 5.74) is 0.806. The topological polar surface area (TPSA) is 33.2 Å². The Balaban J connectivity index is 2.78. The molecule has 3 heteroatoms. The summed E-state index contributed by atoms with van der Waals surface area (Å²) in [5.74, 6) is -0.0250. The van der Waals surface area contributed by atoms with Crippen LogP contribution in [0, 0.1) is 6.42 Å². The molecule has 0 unspecified atom stereocenters. The molecule has 1 aromatic heterocycles. The molecule has 0 saturated carbocycles. The Kier molecular flexibility index (Phi) is 2.80. The molecule has 0 saturated heterocycles. The molecule has 0 aromatic carbocycles. The van der Waals surface area contributed by atoms with Crippen molar-refractivity contribution in [1.29, 1.82) is 0 Å². The number of aromatic nitrogens is 1. The fourth-order valence-electron chi connectivity index (χ4n) is 0.873. The second kappa shape index (κ2) is 3.85.